The topological polar surface area (TPSA) is 34.1 Å². The normalized spacial score (nSPS) is 53.3. The highest BCUT2D eigenvalue weighted by molar-refractivity contribution is 5.86. The van der Waals surface area contributed by atoms with Gasteiger partial charge in [0.15, 0.2) is 0 Å². The SMILES string of the molecule is C[C@H](CCC=O)[C@H]1CC[C@@]2(C)C3CCC4C(C)(C)C(=O)CC[C@@]45C[C@@]35CC[C@]12C. The van der Waals surface area contributed by atoms with Crippen LogP contribution in [0.15, 0.2) is 0 Å². The summed E-state index contributed by atoms with van der Waals surface area (Å²) < 4.78 is 0. The highest BCUT2D eigenvalue weighted by atomic mass is 16.1. The lowest BCUT2D eigenvalue weighted by atomic mass is 9.42. The van der Waals surface area contributed by atoms with E-state index in [0.717, 1.165) is 37.4 Å². The Hall–Kier alpha value is -0.660. The third kappa shape index (κ3) is 2.20. The predicted octanol–water partition coefficient (Wildman–Crippen LogP) is 6.61. The smallest absolute Gasteiger partial charge is 0.138 e. The number of carbonyl (C=O) groups is 2. The van der Waals surface area contributed by atoms with Gasteiger partial charge in [0.2, 0.25) is 0 Å². The summed E-state index contributed by atoms with van der Waals surface area (Å²) in [5.41, 5.74) is 1.81. The van der Waals surface area contributed by atoms with E-state index in [1.165, 1.54) is 51.4 Å². The van der Waals surface area contributed by atoms with Crippen molar-refractivity contribution in [2.75, 3.05) is 0 Å². The minimum absolute atomic E-state index is 0.101. The Morgan fingerprint density at radius 2 is 1.62 bits per heavy atom. The maximum absolute atomic E-state index is 12.8. The molecule has 2 heteroatoms. The molecule has 8 atom stereocenters. The van der Waals surface area contributed by atoms with E-state index in [2.05, 4.69) is 34.6 Å². The van der Waals surface area contributed by atoms with E-state index in [1.54, 1.807) is 0 Å². The summed E-state index contributed by atoms with van der Waals surface area (Å²) >= 11 is 0. The Morgan fingerprint density at radius 3 is 2.34 bits per heavy atom. The molecular weight excluding hydrogens is 356 g/mol. The lowest BCUT2D eigenvalue weighted by molar-refractivity contribution is -0.157. The highest BCUT2D eigenvalue weighted by Crippen LogP contribution is 2.88. The fraction of sp³-hybridized carbons (Fsp3) is 0.926. The molecule has 0 saturated heterocycles. The number of carbonyl (C=O) groups excluding carboxylic acids is 2. The van der Waals surface area contributed by atoms with Crippen LogP contribution in [-0.4, -0.2) is 12.1 Å². The minimum Gasteiger partial charge on any atom is -0.303 e. The van der Waals surface area contributed by atoms with Crippen LogP contribution < -0.4 is 0 Å². The molecule has 0 aromatic rings. The summed E-state index contributed by atoms with van der Waals surface area (Å²) in [4.78, 5) is 23.7. The Morgan fingerprint density at radius 1 is 0.931 bits per heavy atom. The van der Waals surface area contributed by atoms with Crippen LogP contribution in [0.25, 0.3) is 0 Å². The molecule has 0 N–H and O–H groups in total. The first-order valence-electron chi connectivity index (χ1n) is 12.6. The van der Waals surface area contributed by atoms with Crippen molar-refractivity contribution in [3.63, 3.8) is 0 Å². The number of aldehydes is 1. The van der Waals surface area contributed by atoms with Crippen molar-refractivity contribution < 1.29 is 9.59 Å². The summed E-state index contributed by atoms with van der Waals surface area (Å²) in [5.74, 6) is 3.46. The largest absolute Gasteiger partial charge is 0.303 e. The summed E-state index contributed by atoms with van der Waals surface area (Å²) in [5, 5.41) is 0. The van der Waals surface area contributed by atoms with E-state index >= 15 is 0 Å². The zero-order chi connectivity index (χ0) is 20.9. The third-order valence-electron chi connectivity index (χ3n) is 12.3. The van der Waals surface area contributed by atoms with Gasteiger partial charge in [0, 0.05) is 18.3 Å². The maximum atomic E-state index is 12.8. The molecule has 5 aliphatic rings. The third-order valence-corrected chi connectivity index (χ3v) is 12.3. The zero-order valence-corrected chi connectivity index (χ0v) is 19.5. The van der Waals surface area contributed by atoms with Crippen molar-refractivity contribution in [3.8, 4) is 0 Å². The predicted molar refractivity (Wildman–Crippen MR) is 116 cm³/mol. The number of ketones is 1. The average molecular weight is 399 g/mol. The molecular formula is C27H42O2. The summed E-state index contributed by atoms with van der Waals surface area (Å²) in [6.45, 7) is 12.2. The summed E-state index contributed by atoms with van der Waals surface area (Å²) in [7, 11) is 0. The van der Waals surface area contributed by atoms with Crippen LogP contribution in [0.3, 0.4) is 0 Å². The molecule has 0 amide bonds. The average Bonchev–Trinajstić information content (AvgIpc) is 3.26. The molecule has 2 spiro atoms. The van der Waals surface area contributed by atoms with E-state index in [0.29, 0.717) is 39.3 Å². The van der Waals surface area contributed by atoms with Crippen molar-refractivity contribution in [3.05, 3.63) is 0 Å². The second kappa shape index (κ2) is 5.98. The lowest BCUT2D eigenvalue weighted by Gasteiger charge is -2.62. The van der Waals surface area contributed by atoms with Crippen LogP contribution in [0.2, 0.25) is 0 Å². The van der Waals surface area contributed by atoms with Crippen molar-refractivity contribution in [2.24, 2.45) is 50.7 Å². The minimum atomic E-state index is -0.101. The first-order valence-corrected chi connectivity index (χ1v) is 12.6. The van der Waals surface area contributed by atoms with Gasteiger partial charge in [-0.25, -0.2) is 0 Å². The number of Topliss-reactive ketones (excluding diaryl/α,β-unsaturated/α-hetero) is 1. The lowest BCUT2D eigenvalue weighted by Crippen LogP contribution is -2.57. The van der Waals surface area contributed by atoms with Crippen molar-refractivity contribution in [2.45, 2.75) is 105 Å². The van der Waals surface area contributed by atoms with Crippen molar-refractivity contribution >= 4 is 12.1 Å². The van der Waals surface area contributed by atoms with Gasteiger partial charge in [-0.3, -0.25) is 4.79 Å². The second-order valence-corrected chi connectivity index (χ2v) is 13.0. The molecule has 29 heavy (non-hydrogen) atoms. The molecule has 5 aliphatic carbocycles. The molecule has 2 unspecified atom stereocenters. The van der Waals surface area contributed by atoms with Gasteiger partial charge in [0.05, 0.1) is 0 Å². The van der Waals surface area contributed by atoms with Crippen LogP contribution in [0.4, 0.5) is 0 Å². The second-order valence-electron chi connectivity index (χ2n) is 13.0. The Labute approximate surface area is 178 Å². The van der Waals surface area contributed by atoms with Gasteiger partial charge >= 0.3 is 0 Å². The van der Waals surface area contributed by atoms with Crippen LogP contribution >= 0.6 is 0 Å². The number of fused-ring (bicyclic) bond motifs is 2. The van der Waals surface area contributed by atoms with E-state index in [9.17, 15) is 9.59 Å². The van der Waals surface area contributed by atoms with Crippen molar-refractivity contribution in [1.82, 2.24) is 0 Å². The number of hydrogen-bond donors (Lipinski definition) is 0. The molecule has 0 aliphatic heterocycles. The fourth-order valence-corrected chi connectivity index (χ4v) is 10.7. The van der Waals surface area contributed by atoms with Gasteiger partial charge in [-0.05, 0) is 103 Å². The van der Waals surface area contributed by atoms with Crippen LogP contribution in [0.1, 0.15) is 105 Å². The quantitative estimate of drug-likeness (QED) is 0.499. The zero-order valence-electron chi connectivity index (χ0n) is 19.5. The van der Waals surface area contributed by atoms with E-state index in [-0.39, 0.29) is 5.41 Å². The van der Waals surface area contributed by atoms with Gasteiger partial charge in [0.25, 0.3) is 0 Å². The first-order chi connectivity index (χ1) is 13.6. The van der Waals surface area contributed by atoms with E-state index in [4.69, 9.17) is 0 Å². The summed E-state index contributed by atoms with van der Waals surface area (Å²) in [6, 6.07) is 0. The molecule has 2 nitrogen and oxygen atoms in total. The van der Waals surface area contributed by atoms with E-state index < -0.39 is 0 Å². The van der Waals surface area contributed by atoms with Crippen LogP contribution in [-0.2, 0) is 9.59 Å². The van der Waals surface area contributed by atoms with Crippen molar-refractivity contribution in [1.29, 1.82) is 0 Å². The molecule has 0 aromatic heterocycles. The van der Waals surface area contributed by atoms with Gasteiger partial charge in [-0.2, -0.15) is 0 Å². The molecule has 0 bridgehead atoms. The molecule has 0 aromatic carbocycles. The van der Waals surface area contributed by atoms with Crippen LogP contribution in [0, 0.1) is 50.7 Å². The molecule has 5 rings (SSSR count). The van der Waals surface area contributed by atoms with Gasteiger partial charge < -0.3 is 4.79 Å². The number of rotatable bonds is 4. The van der Waals surface area contributed by atoms with Gasteiger partial charge in [-0.1, -0.05) is 34.6 Å². The molecule has 162 valence electrons. The molecule has 0 heterocycles. The highest BCUT2D eigenvalue weighted by Gasteiger charge is 2.82. The molecule has 5 fully saturated rings. The maximum Gasteiger partial charge on any atom is 0.138 e. The molecule has 5 saturated carbocycles. The first kappa shape index (κ1) is 20.3. The monoisotopic (exact) mass is 398 g/mol. The van der Waals surface area contributed by atoms with Gasteiger partial charge in [-0.15, -0.1) is 0 Å². The number of hydrogen-bond acceptors (Lipinski definition) is 2. The van der Waals surface area contributed by atoms with Crippen LogP contribution in [0.5, 0.6) is 0 Å². The summed E-state index contributed by atoms with van der Waals surface area (Å²) in [6.07, 6.45) is 14.5. The molecule has 0 radical (unpaired) electrons. The Kier molecular flexibility index (Phi) is 4.17. The standard InChI is InChI=1S/C27H42O2/c1-18(7-6-16-28)19-10-12-25(5)21-9-8-20-23(2,3)22(29)11-13-26(20)17-27(21,26)15-14-24(19,25)4/h16,18-21H,6-15,17H2,1-5H3/t18-,19-,20?,21?,24-,25+,26-,27+/m1/s1. The van der Waals surface area contributed by atoms with Gasteiger partial charge in [0.1, 0.15) is 12.1 Å². The Bertz CT molecular complexity index is 739. The van der Waals surface area contributed by atoms with E-state index in [1.807, 2.05) is 0 Å². The fourth-order valence-electron chi connectivity index (χ4n) is 10.7. The Balaban J connectivity index is 1.47.